The van der Waals surface area contributed by atoms with E-state index >= 15 is 0 Å². The average Bonchev–Trinajstić information content (AvgIpc) is 2.78. The van der Waals surface area contributed by atoms with Crippen LogP contribution in [0.5, 0.6) is 0 Å². The lowest BCUT2D eigenvalue weighted by Crippen LogP contribution is -2.52. The minimum atomic E-state index is -1.19. The van der Waals surface area contributed by atoms with Gasteiger partial charge in [-0.1, -0.05) is 26.6 Å². The van der Waals surface area contributed by atoms with Gasteiger partial charge in [0.1, 0.15) is 6.29 Å². The number of hydrogen-bond acceptors (Lipinski definition) is 3. The molecule has 0 aromatic rings. The number of ether oxygens (including phenoxy) is 1. The van der Waals surface area contributed by atoms with E-state index in [-0.39, 0.29) is 18.1 Å². The van der Waals surface area contributed by atoms with Crippen molar-refractivity contribution in [3.63, 3.8) is 0 Å². The Hall–Kier alpha value is -0.843. The van der Waals surface area contributed by atoms with Crippen molar-refractivity contribution in [3.05, 3.63) is 0 Å². The highest BCUT2D eigenvalue weighted by Gasteiger charge is 2.45. The van der Waals surface area contributed by atoms with Gasteiger partial charge in [0.05, 0.1) is 6.61 Å². The molecule has 0 N–H and O–H groups in total. The molecule has 0 spiro atoms. The van der Waals surface area contributed by atoms with Gasteiger partial charge in [-0.15, -0.1) is 0 Å². The second kappa shape index (κ2) is 6.51. The number of fused-ring (bicyclic) bond motifs is 2. The van der Waals surface area contributed by atoms with E-state index in [1.807, 2.05) is 11.8 Å². The van der Waals surface area contributed by atoms with Crippen LogP contribution in [-0.4, -0.2) is 44.5 Å². The summed E-state index contributed by atoms with van der Waals surface area (Å²) in [5, 5.41) is 0. The molecule has 2 bridgehead atoms. The Morgan fingerprint density at radius 3 is 2.71 bits per heavy atom. The average molecular weight is 311 g/mol. The number of rotatable bonds is 5. The molecule has 1 aliphatic heterocycles. The van der Waals surface area contributed by atoms with Crippen LogP contribution in [0.25, 0.3) is 0 Å². The molecule has 1 saturated carbocycles. The van der Waals surface area contributed by atoms with Crippen LogP contribution in [0.1, 0.15) is 26.2 Å². The quantitative estimate of drug-likeness (QED) is 0.577. The van der Waals surface area contributed by atoms with Crippen molar-refractivity contribution in [3.8, 4) is 0 Å². The number of likely N-dealkylation sites (tertiary alicyclic amines) is 1. The molecule has 0 radical (unpaired) electrons. The summed E-state index contributed by atoms with van der Waals surface area (Å²) in [5.41, 5.74) is 0. The first-order valence-corrected chi connectivity index (χ1v) is 11.9. The van der Waals surface area contributed by atoms with Crippen molar-refractivity contribution < 1.29 is 14.3 Å². The van der Waals surface area contributed by atoms with Crippen LogP contribution in [0.4, 0.5) is 4.79 Å². The van der Waals surface area contributed by atoms with Crippen LogP contribution in [0.15, 0.2) is 0 Å². The fraction of sp³-hybridized carbons (Fsp3) is 0.875. The zero-order valence-electron chi connectivity index (χ0n) is 13.8. The van der Waals surface area contributed by atoms with Crippen molar-refractivity contribution in [1.29, 1.82) is 0 Å². The zero-order chi connectivity index (χ0) is 15.6. The van der Waals surface area contributed by atoms with Crippen LogP contribution in [0.3, 0.4) is 0 Å². The van der Waals surface area contributed by atoms with E-state index in [1.54, 1.807) is 0 Å². The number of aldehydes is 1. The normalized spacial score (nSPS) is 30.1. The van der Waals surface area contributed by atoms with E-state index in [0.717, 1.165) is 25.3 Å². The maximum atomic E-state index is 12.4. The number of carbonyl (C=O) groups excluding carboxylic acids is 2. The second-order valence-corrected chi connectivity index (χ2v) is 13.6. The van der Waals surface area contributed by atoms with Crippen LogP contribution in [0, 0.1) is 17.8 Å². The monoisotopic (exact) mass is 311 g/mol. The van der Waals surface area contributed by atoms with Gasteiger partial charge in [-0.3, -0.25) is 0 Å². The molecule has 0 aromatic heterocycles. The number of carbonyl (C=O) groups is 2. The molecule has 120 valence electrons. The van der Waals surface area contributed by atoms with Gasteiger partial charge >= 0.3 is 6.09 Å². The fourth-order valence-corrected chi connectivity index (χ4v) is 4.48. The summed E-state index contributed by atoms with van der Waals surface area (Å²) in [6.45, 7) is 10.0. The SMILES string of the molecule is C[C@@H](C=O)[C@H]1[C@@H]2CC[C@@H](C2)CN1C(=O)OCC[Si](C)(C)C. The molecule has 5 heteroatoms. The molecule has 4 atom stereocenters. The molecule has 2 fully saturated rings. The summed E-state index contributed by atoms with van der Waals surface area (Å²) in [4.78, 5) is 25.5. The fourth-order valence-electron chi connectivity index (χ4n) is 3.76. The van der Waals surface area contributed by atoms with Crippen LogP contribution in [-0.2, 0) is 9.53 Å². The Morgan fingerprint density at radius 1 is 1.38 bits per heavy atom. The van der Waals surface area contributed by atoms with E-state index in [4.69, 9.17) is 4.74 Å². The van der Waals surface area contributed by atoms with E-state index < -0.39 is 8.07 Å². The maximum Gasteiger partial charge on any atom is 0.410 e. The lowest BCUT2D eigenvalue weighted by atomic mass is 9.84. The standard InChI is InChI=1S/C16H29NO3Si/c1-12(11-18)15-14-6-5-13(9-14)10-17(15)16(19)20-7-8-21(2,3)4/h11-15H,5-10H2,1-4H3/t12-,13-,14+,15-/m0/s1. The van der Waals surface area contributed by atoms with Gasteiger partial charge in [0.2, 0.25) is 0 Å². The summed E-state index contributed by atoms with van der Waals surface area (Å²) in [7, 11) is -1.19. The first-order valence-electron chi connectivity index (χ1n) is 8.20. The van der Waals surface area contributed by atoms with Gasteiger partial charge in [0, 0.05) is 26.6 Å². The van der Waals surface area contributed by atoms with Crippen LogP contribution in [0.2, 0.25) is 25.7 Å². The third-order valence-corrected chi connectivity index (χ3v) is 6.65. The molecule has 0 aromatic carbocycles. The van der Waals surface area contributed by atoms with E-state index in [9.17, 15) is 9.59 Å². The van der Waals surface area contributed by atoms with Crippen molar-refractivity contribution in [2.45, 2.75) is 57.9 Å². The second-order valence-electron chi connectivity index (χ2n) is 8.00. The van der Waals surface area contributed by atoms with Crippen molar-refractivity contribution in [2.75, 3.05) is 13.2 Å². The zero-order valence-corrected chi connectivity index (χ0v) is 14.8. The molecule has 2 rings (SSSR count). The van der Waals surface area contributed by atoms with Crippen molar-refractivity contribution >= 4 is 20.5 Å². The van der Waals surface area contributed by atoms with E-state index in [1.165, 1.54) is 12.8 Å². The Balaban J connectivity index is 1.98. The smallest absolute Gasteiger partial charge is 0.410 e. The lowest BCUT2D eigenvalue weighted by molar-refractivity contribution is -0.113. The maximum absolute atomic E-state index is 12.4. The van der Waals surface area contributed by atoms with Gasteiger partial charge in [-0.05, 0) is 37.1 Å². The molecule has 1 heterocycles. The molecule has 2 aliphatic rings. The minimum Gasteiger partial charge on any atom is -0.450 e. The Labute approximate surface area is 129 Å². The van der Waals surface area contributed by atoms with Crippen molar-refractivity contribution in [1.82, 2.24) is 4.90 Å². The molecule has 1 saturated heterocycles. The molecule has 4 nitrogen and oxygen atoms in total. The third-order valence-electron chi connectivity index (χ3n) is 4.95. The van der Waals surface area contributed by atoms with Crippen molar-refractivity contribution in [2.24, 2.45) is 17.8 Å². The Kier molecular flexibility index (Phi) is 5.12. The van der Waals surface area contributed by atoms with Crippen LogP contribution >= 0.6 is 0 Å². The largest absolute Gasteiger partial charge is 0.450 e. The van der Waals surface area contributed by atoms with Gasteiger partial charge in [-0.2, -0.15) is 0 Å². The molecule has 1 amide bonds. The number of amides is 1. The van der Waals surface area contributed by atoms with Crippen LogP contribution < -0.4 is 0 Å². The van der Waals surface area contributed by atoms with Gasteiger partial charge in [-0.25, -0.2) is 4.79 Å². The highest BCUT2D eigenvalue weighted by Crippen LogP contribution is 2.42. The Morgan fingerprint density at radius 2 is 2.10 bits per heavy atom. The molecule has 0 unspecified atom stereocenters. The van der Waals surface area contributed by atoms with E-state index in [0.29, 0.717) is 18.4 Å². The molecule has 1 aliphatic carbocycles. The minimum absolute atomic E-state index is 0.0423. The number of piperidine rings is 1. The summed E-state index contributed by atoms with van der Waals surface area (Å²) >= 11 is 0. The number of nitrogens with zero attached hydrogens (tertiary/aromatic N) is 1. The topological polar surface area (TPSA) is 46.6 Å². The van der Waals surface area contributed by atoms with Gasteiger partial charge < -0.3 is 14.4 Å². The molecular weight excluding hydrogens is 282 g/mol. The highest BCUT2D eigenvalue weighted by atomic mass is 28.3. The highest BCUT2D eigenvalue weighted by molar-refractivity contribution is 6.76. The lowest BCUT2D eigenvalue weighted by Gasteiger charge is -2.41. The van der Waals surface area contributed by atoms with E-state index in [2.05, 4.69) is 19.6 Å². The predicted molar refractivity (Wildman–Crippen MR) is 86.1 cm³/mol. The first-order chi connectivity index (χ1) is 9.81. The van der Waals surface area contributed by atoms with Gasteiger partial charge in [0.25, 0.3) is 0 Å². The number of hydrogen-bond donors (Lipinski definition) is 0. The summed E-state index contributed by atoms with van der Waals surface area (Å²) < 4.78 is 5.51. The third kappa shape index (κ3) is 4.08. The summed E-state index contributed by atoms with van der Waals surface area (Å²) in [6.07, 6.45) is 4.29. The Bertz CT molecular complexity index is 393. The summed E-state index contributed by atoms with van der Waals surface area (Å²) in [6, 6.07) is 1.04. The van der Waals surface area contributed by atoms with Gasteiger partial charge in [0.15, 0.2) is 0 Å². The summed E-state index contributed by atoms with van der Waals surface area (Å²) in [5.74, 6) is 0.988. The molecular formula is C16H29NO3Si. The predicted octanol–water partition coefficient (Wildman–Crippen LogP) is 3.40. The molecule has 21 heavy (non-hydrogen) atoms. The first kappa shape index (κ1) is 16.5.